The first-order valence-electron chi connectivity index (χ1n) is 12.9. The van der Waals surface area contributed by atoms with Gasteiger partial charge in [-0.3, -0.25) is 0 Å². The van der Waals surface area contributed by atoms with E-state index in [1.807, 2.05) is 12.1 Å². The summed E-state index contributed by atoms with van der Waals surface area (Å²) >= 11 is 0. The molecule has 0 aliphatic rings. The predicted octanol–water partition coefficient (Wildman–Crippen LogP) is 8.76. The zero-order chi connectivity index (χ0) is 25.3. The van der Waals surface area contributed by atoms with Crippen molar-refractivity contribution in [3.05, 3.63) is 95.6 Å². The summed E-state index contributed by atoms with van der Waals surface area (Å²) < 4.78 is 18.5. The van der Waals surface area contributed by atoms with E-state index in [0.29, 0.717) is 17.9 Å². The van der Waals surface area contributed by atoms with E-state index in [1.165, 1.54) is 33.8 Å². The second-order valence-electron chi connectivity index (χ2n) is 10.3. The van der Waals surface area contributed by atoms with Gasteiger partial charge in [0.05, 0.1) is 11.6 Å². The topological polar surface area (TPSA) is 8.81 Å². The highest BCUT2D eigenvalue weighted by Crippen LogP contribution is 2.38. The Kier molecular flexibility index (Phi) is 7.25. The van der Waals surface area contributed by atoms with Crippen LogP contribution in [-0.2, 0) is 0 Å². The van der Waals surface area contributed by atoms with Gasteiger partial charge in [0.2, 0.25) is 0 Å². The Morgan fingerprint density at radius 1 is 0.829 bits per heavy atom. The fourth-order valence-electron chi connectivity index (χ4n) is 4.88. The van der Waals surface area contributed by atoms with E-state index in [4.69, 9.17) is 0 Å². The van der Waals surface area contributed by atoms with E-state index in [9.17, 15) is 4.39 Å². The van der Waals surface area contributed by atoms with E-state index >= 15 is 0 Å². The zero-order valence-electron chi connectivity index (χ0n) is 22.1. The summed E-state index contributed by atoms with van der Waals surface area (Å²) in [5, 5.41) is 0. The Hall–Kier alpha value is -3.20. The van der Waals surface area contributed by atoms with E-state index < -0.39 is 0 Å². The number of halogens is 1. The number of hydrogen-bond donors (Lipinski definition) is 0. The Morgan fingerprint density at radius 2 is 1.43 bits per heavy atom. The molecule has 0 amide bonds. The van der Waals surface area contributed by atoms with Gasteiger partial charge in [-0.2, -0.15) is 4.57 Å². The van der Waals surface area contributed by atoms with E-state index in [-0.39, 0.29) is 5.82 Å². The van der Waals surface area contributed by atoms with Crippen LogP contribution in [0.25, 0.3) is 28.2 Å². The number of hydrogen-bond acceptors (Lipinski definition) is 0. The molecule has 182 valence electrons. The summed E-state index contributed by atoms with van der Waals surface area (Å²) in [7, 11) is 0. The predicted molar refractivity (Wildman–Crippen MR) is 145 cm³/mol. The number of rotatable bonds is 7. The summed E-state index contributed by atoms with van der Waals surface area (Å²) in [6.07, 6.45) is 5.53. The van der Waals surface area contributed by atoms with Gasteiger partial charge < -0.3 is 0 Å². The molecule has 1 aromatic heterocycles. The van der Waals surface area contributed by atoms with Gasteiger partial charge in [-0.05, 0) is 79.1 Å². The molecule has 0 N–H and O–H groups in total. The Morgan fingerprint density at radius 3 is 1.97 bits per heavy atom. The summed E-state index contributed by atoms with van der Waals surface area (Å²) in [4.78, 5) is 0. The molecule has 0 spiro atoms. The maximum absolute atomic E-state index is 13.6. The van der Waals surface area contributed by atoms with Crippen molar-refractivity contribution in [2.45, 2.75) is 72.8 Å². The van der Waals surface area contributed by atoms with Crippen LogP contribution in [0, 0.1) is 12.7 Å². The monoisotopic (exact) mass is 469 g/mol. The van der Waals surface area contributed by atoms with Crippen molar-refractivity contribution in [1.29, 1.82) is 0 Å². The lowest BCUT2D eigenvalue weighted by atomic mass is 9.88. The molecule has 2 nitrogen and oxygen atoms in total. The molecule has 4 rings (SSSR count). The minimum atomic E-state index is -0.205. The molecule has 0 aliphatic carbocycles. The maximum Gasteiger partial charge on any atom is 0.294 e. The number of aryl methyl sites for hydroxylation is 1. The molecule has 0 saturated carbocycles. The molecule has 3 aromatic carbocycles. The summed E-state index contributed by atoms with van der Waals surface area (Å²) in [6, 6.07) is 20.5. The lowest BCUT2D eigenvalue weighted by molar-refractivity contribution is -0.708. The molecule has 1 atom stereocenters. The molecule has 3 heteroatoms. The van der Waals surface area contributed by atoms with E-state index in [1.54, 1.807) is 12.1 Å². The quantitative estimate of drug-likeness (QED) is 0.239. The van der Waals surface area contributed by atoms with E-state index in [2.05, 4.69) is 106 Å². The normalized spacial score (nSPS) is 12.5. The van der Waals surface area contributed by atoms with Gasteiger partial charge >= 0.3 is 0 Å². The van der Waals surface area contributed by atoms with Crippen molar-refractivity contribution in [3.63, 3.8) is 0 Å². The van der Waals surface area contributed by atoms with E-state index in [0.717, 1.165) is 17.5 Å². The van der Waals surface area contributed by atoms with Crippen LogP contribution in [0.3, 0.4) is 0 Å². The third-order valence-electron chi connectivity index (χ3n) is 7.13. The summed E-state index contributed by atoms with van der Waals surface area (Å²) in [5.74, 6) is 1.67. The molecule has 0 aliphatic heterocycles. The molecule has 4 aromatic rings. The van der Waals surface area contributed by atoms with Crippen molar-refractivity contribution in [2.75, 3.05) is 0 Å². The fourth-order valence-corrected chi connectivity index (χ4v) is 4.88. The fraction of sp³-hybridized carbons (Fsp3) is 0.344. The Balaban J connectivity index is 2.06. The van der Waals surface area contributed by atoms with Crippen LogP contribution in [-0.4, -0.2) is 4.57 Å². The smallest absolute Gasteiger partial charge is 0.227 e. The standard InChI is InChI=1S/C32H38FN2/c1-8-24(7)34-17-18-35(32(34)28-12-10-9-11-23(28)6)31-29(21(2)3)19-26(20-30(31)22(4)5)25-13-15-27(33)16-14-25/h9-22,24H,8H2,1-7H3/q+1/t24-/m1/s1. The molecule has 0 bridgehead atoms. The van der Waals surface area contributed by atoms with Crippen LogP contribution < -0.4 is 4.57 Å². The Labute approximate surface area is 210 Å². The van der Waals surface area contributed by atoms with Gasteiger partial charge in [-0.15, -0.1) is 0 Å². The second-order valence-corrected chi connectivity index (χ2v) is 10.3. The molecule has 1 heterocycles. The van der Waals surface area contributed by atoms with Crippen molar-refractivity contribution < 1.29 is 8.96 Å². The first kappa shape index (κ1) is 24.9. The van der Waals surface area contributed by atoms with Crippen molar-refractivity contribution in [3.8, 4) is 28.2 Å². The summed E-state index contributed by atoms with van der Waals surface area (Å²) in [6.45, 7) is 15.8. The first-order chi connectivity index (χ1) is 16.7. The molecule has 0 fully saturated rings. The highest BCUT2D eigenvalue weighted by molar-refractivity contribution is 5.71. The third kappa shape index (κ3) is 4.82. The third-order valence-corrected chi connectivity index (χ3v) is 7.13. The number of nitrogens with zero attached hydrogens (tertiary/aromatic N) is 2. The summed E-state index contributed by atoms with van der Waals surface area (Å²) in [5.41, 5.74) is 8.58. The maximum atomic E-state index is 13.6. The van der Waals surface area contributed by atoms with Crippen molar-refractivity contribution in [1.82, 2.24) is 4.57 Å². The molecular weight excluding hydrogens is 431 g/mol. The van der Waals surface area contributed by atoms with Crippen LogP contribution in [0.4, 0.5) is 4.39 Å². The van der Waals surface area contributed by atoms with Crippen LogP contribution >= 0.6 is 0 Å². The second kappa shape index (κ2) is 10.2. The largest absolute Gasteiger partial charge is 0.294 e. The SMILES string of the molecule is CC[C@@H](C)[n+]1ccn(-c2c(C(C)C)cc(-c3ccc(F)cc3)cc2C(C)C)c1-c1ccccc1C. The van der Waals surface area contributed by atoms with Gasteiger partial charge in [0, 0.05) is 11.1 Å². The van der Waals surface area contributed by atoms with Gasteiger partial charge in [0.25, 0.3) is 5.82 Å². The van der Waals surface area contributed by atoms with Gasteiger partial charge in [-0.25, -0.2) is 8.96 Å². The van der Waals surface area contributed by atoms with Crippen LogP contribution in [0.15, 0.2) is 73.1 Å². The van der Waals surface area contributed by atoms with Gasteiger partial charge in [-0.1, -0.05) is 65.0 Å². The average Bonchev–Trinajstić information content (AvgIpc) is 3.27. The lowest BCUT2D eigenvalue weighted by Crippen LogP contribution is -2.38. The number of aromatic nitrogens is 2. The van der Waals surface area contributed by atoms with Crippen LogP contribution in [0.2, 0.25) is 0 Å². The van der Waals surface area contributed by atoms with Crippen LogP contribution in [0.1, 0.15) is 82.5 Å². The molecular formula is C32H38FN2+. The van der Waals surface area contributed by atoms with Gasteiger partial charge in [0.1, 0.15) is 23.9 Å². The molecule has 0 radical (unpaired) electrons. The van der Waals surface area contributed by atoms with Crippen LogP contribution in [0.5, 0.6) is 0 Å². The highest BCUT2D eigenvalue weighted by atomic mass is 19.1. The average molecular weight is 470 g/mol. The molecule has 0 saturated heterocycles. The first-order valence-corrected chi connectivity index (χ1v) is 12.9. The number of benzene rings is 3. The molecule has 0 unspecified atom stereocenters. The van der Waals surface area contributed by atoms with Crippen molar-refractivity contribution >= 4 is 0 Å². The Bertz CT molecular complexity index is 1280. The zero-order valence-corrected chi connectivity index (χ0v) is 22.1. The minimum Gasteiger partial charge on any atom is -0.227 e. The minimum absolute atomic E-state index is 0.205. The van der Waals surface area contributed by atoms with Gasteiger partial charge in [0.15, 0.2) is 0 Å². The van der Waals surface area contributed by atoms with Crippen molar-refractivity contribution in [2.24, 2.45) is 0 Å². The number of imidazole rings is 1. The molecule has 35 heavy (non-hydrogen) atoms. The highest BCUT2D eigenvalue weighted by Gasteiger charge is 2.30. The lowest BCUT2D eigenvalue weighted by Gasteiger charge is -2.21.